The standard InChI is InChI=1S/C10H11F3O3S/c11-10(12,13)9(15)16-8(14)4-3-7-17-5-1-2-6-17/h1-2,5-6,17H,3-4,7H2. The molecule has 0 unspecified atom stereocenters. The van der Waals surface area contributed by atoms with E-state index in [0.29, 0.717) is 12.2 Å². The number of halogens is 3. The zero-order chi connectivity index (χ0) is 12.9. The van der Waals surface area contributed by atoms with Gasteiger partial charge in [0.25, 0.3) is 0 Å². The maximum Gasteiger partial charge on any atom is 0.491 e. The molecule has 1 heterocycles. The number of ether oxygens (including phenoxy) is 1. The molecular formula is C10H11F3O3S. The highest BCUT2D eigenvalue weighted by atomic mass is 32.2. The summed E-state index contributed by atoms with van der Waals surface area (Å²) >= 11 is 0. The summed E-state index contributed by atoms with van der Waals surface area (Å²) in [4.78, 5) is 21.2. The van der Waals surface area contributed by atoms with Crippen LogP contribution in [0.25, 0.3) is 0 Å². The molecule has 3 nitrogen and oxygen atoms in total. The molecule has 0 amide bonds. The van der Waals surface area contributed by atoms with E-state index in [1.807, 2.05) is 23.0 Å². The summed E-state index contributed by atoms with van der Waals surface area (Å²) in [6.45, 7) is 0. The van der Waals surface area contributed by atoms with Crippen molar-refractivity contribution >= 4 is 22.8 Å². The summed E-state index contributed by atoms with van der Waals surface area (Å²) in [5, 5.41) is 3.98. The molecule has 1 aliphatic rings. The first-order valence-electron chi connectivity index (χ1n) is 4.82. The number of carbonyl (C=O) groups excluding carboxylic acids is 2. The molecule has 0 aromatic heterocycles. The topological polar surface area (TPSA) is 43.4 Å². The molecule has 1 aliphatic heterocycles. The van der Waals surface area contributed by atoms with Crippen LogP contribution in [0.5, 0.6) is 0 Å². The second kappa shape index (κ2) is 5.90. The minimum absolute atomic E-state index is 0.178. The molecular weight excluding hydrogens is 257 g/mol. The van der Waals surface area contributed by atoms with Crippen LogP contribution in [0.2, 0.25) is 0 Å². The van der Waals surface area contributed by atoms with E-state index < -0.39 is 29.0 Å². The van der Waals surface area contributed by atoms with E-state index in [-0.39, 0.29) is 6.42 Å². The van der Waals surface area contributed by atoms with Gasteiger partial charge in [-0.15, -0.1) is 0 Å². The Kier molecular flexibility index (Phi) is 4.80. The normalized spacial score (nSPS) is 16.3. The van der Waals surface area contributed by atoms with Gasteiger partial charge in [0, 0.05) is 6.42 Å². The van der Waals surface area contributed by atoms with E-state index in [0.717, 1.165) is 0 Å². The molecule has 0 N–H and O–H groups in total. The van der Waals surface area contributed by atoms with Gasteiger partial charge in [0.15, 0.2) is 0 Å². The quantitative estimate of drug-likeness (QED) is 0.484. The van der Waals surface area contributed by atoms with Crippen molar-refractivity contribution in [1.29, 1.82) is 0 Å². The van der Waals surface area contributed by atoms with Crippen molar-refractivity contribution in [2.75, 3.05) is 5.75 Å². The molecule has 0 saturated carbocycles. The van der Waals surface area contributed by atoms with Crippen LogP contribution in [0.15, 0.2) is 23.0 Å². The zero-order valence-electron chi connectivity index (χ0n) is 8.74. The molecule has 0 aliphatic carbocycles. The highest BCUT2D eigenvalue weighted by molar-refractivity contribution is 8.22. The average Bonchev–Trinajstić information content (AvgIpc) is 2.69. The first-order valence-corrected chi connectivity index (χ1v) is 6.48. The first-order chi connectivity index (χ1) is 7.89. The second-order valence-corrected chi connectivity index (χ2v) is 5.36. The summed E-state index contributed by atoms with van der Waals surface area (Å²) in [6, 6.07) is 0. The van der Waals surface area contributed by atoms with E-state index in [2.05, 4.69) is 4.74 Å². The Morgan fingerprint density at radius 1 is 1.18 bits per heavy atom. The zero-order valence-corrected chi connectivity index (χ0v) is 9.63. The van der Waals surface area contributed by atoms with Crippen LogP contribution in [0.3, 0.4) is 0 Å². The fourth-order valence-corrected chi connectivity index (χ4v) is 2.70. The summed E-state index contributed by atoms with van der Waals surface area (Å²) < 4.78 is 38.9. The molecule has 0 atom stereocenters. The lowest BCUT2D eigenvalue weighted by Crippen LogP contribution is -2.27. The van der Waals surface area contributed by atoms with Crippen LogP contribution in [-0.2, 0) is 14.3 Å². The Balaban J connectivity index is 2.19. The molecule has 0 saturated heterocycles. The maximum absolute atomic E-state index is 11.7. The van der Waals surface area contributed by atoms with Crippen molar-refractivity contribution in [1.82, 2.24) is 0 Å². The van der Waals surface area contributed by atoms with Crippen molar-refractivity contribution in [2.45, 2.75) is 19.0 Å². The summed E-state index contributed by atoms with van der Waals surface area (Å²) in [7, 11) is -0.395. The number of carbonyl (C=O) groups is 2. The molecule has 0 aromatic rings. The van der Waals surface area contributed by atoms with Gasteiger partial charge in [-0.2, -0.15) is 13.2 Å². The molecule has 0 radical (unpaired) electrons. The second-order valence-electron chi connectivity index (χ2n) is 3.28. The fraction of sp³-hybridized carbons (Fsp3) is 0.400. The molecule has 96 valence electrons. The Morgan fingerprint density at radius 2 is 1.76 bits per heavy atom. The molecule has 0 aromatic carbocycles. The van der Waals surface area contributed by atoms with Gasteiger partial charge in [0.2, 0.25) is 0 Å². The third kappa shape index (κ3) is 5.08. The average molecular weight is 268 g/mol. The predicted octanol–water partition coefficient (Wildman–Crippen LogP) is 2.44. The number of alkyl halides is 3. The summed E-state index contributed by atoms with van der Waals surface area (Å²) in [5.41, 5.74) is 0. The Labute approximate surface area is 98.7 Å². The number of rotatable bonds is 4. The van der Waals surface area contributed by atoms with Crippen molar-refractivity contribution in [2.24, 2.45) is 0 Å². The van der Waals surface area contributed by atoms with Gasteiger partial charge in [-0.3, -0.25) is 4.79 Å². The van der Waals surface area contributed by atoms with E-state index in [4.69, 9.17) is 0 Å². The lowest BCUT2D eigenvalue weighted by Gasteiger charge is -2.09. The molecule has 0 fully saturated rings. The molecule has 1 rings (SSSR count). The van der Waals surface area contributed by atoms with Crippen molar-refractivity contribution < 1.29 is 27.5 Å². The molecule has 7 heteroatoms. The van der Waals surface area contributed by atoms with E-state index >= 15 is 0 Å². The highest BCUT2D eigenvalue weighted by Crippen LogP contribution is 2.33. The lowest BCUT2D eigenvalue weighted by molar-refractivity contribution is -0.201. The van der Waals surface area contributed by atoms with E-state index in [1.54, 1.807) is 0 Å². The van der Waals surface area contributed by atoms with Gasteiger partial charge in [-0.05, 0) is 23.0 Å². The monoisotopic (exact) mass is 268 g/mol. The van der Waals surface area contributed by atoms with Crippen LogP contribution in [0.1, 0.15) is 12.8 Å². The smallest absolute Gasteiger partial charge is 0.386 e. The third-order valence-corrected chi connectivity index (χ3v) is 3.84. The number of hydrogen-bond donors (Lipinski definition) is 1. The summed E-state index contributed by atoms with van der Waals surface area (Å²) in [5.74, 6) is -2.87. The van der Waals surface area contributed by atoms with Crippen LogP contribution in [0, 0.1) is 0 Å². The maximum atomic E-state index is 11.7. The van der Waals surface area contributed by atoms with Crippen LogP contribution in [0.4, 0.5) is 13.2 Å². The van der Waals surface area contributed by atoms with Crippen LogP contribution >= 0.6 is 10.9 Å². The van der Waals surface area contributed by atoms with Gasteiger partial charge < -0.3 is 4.74 Å². The Hall–Kier alpha value is -1.24. The Morgan fingerprint density at radius 3 is 2.29 bits per heavy atom. The van der Waals surface area contributed by atoms with Gasteiger partial charge in [-0.25, -0.2) is 15.7 Å². The number of hydrogen-bond acceptors (Lipinski definition) is 3. The lowest BCUT2D eigenvalue weighted by atomic mass is 10.3. The molecule has 17 heavy (non-hydrogen) atoms. The largest absolute Gasteiger partial charge is 0.491 e. The van der Waals surface area contributed by atoms with Crippen molar-refractivity contribution in [3.63, 3.8) is 0 Å². The first kappa shape index (κ1) is 13.8. The number of allylic oxidation sites excluding steroid dienone is 2. The number of thiol groups is 1. The fourth-order valence-electron chi connectivity index (χ4n) is 1.14. The third-order valence-electron chi connectivity index (χ3n) is 1.90. The highest BCUT2D eigenvalue weighted by Gasteiger charge is 2.42. The summed E-state index contributed by atoms with van der Waals surface area (Å²) in [6.07, 6.45) is -1.11. The van der Waals surface area contributed by atoms with Gasteiger partial charge >= 0.3 is 18.1 Å². The molecule has 0 spiro atoms. The van der Waals surface area contributed by atoms with E-state index in [1.165, 1.54) is 0 Å². The van der Waals surface area contributed by atoms with Crippen molar-refractivity contribution in [3.05, 3.63) is 23.0 Å². The van der Waals surface area contributed by atoms with Crippen LogP contribution in [-0.4, -0.2) is 23.9 Å². The SMILES string of the molecule is O=C(CCC[SH]1C=CC=C1)OC(=O)C(F)(F)F. The minimum atomic E-state index is -5.11. The van der Waals surface area contributed by atoms with Crippen LogP contribution < -0.4 is 0 Å². The molecule has 0 bridgehead atoms. The van der Waals surface area contributed by atoms with Gasteiger partial charge in [-0.1, -0.05) is 12.2 Å². The van der Waals surface area contributed by atoms with Gasteiger partial charge in [0.1, 0.15) is 0 Å². The Bertz CT molecular complexity index is 348. The van der Waals surface area contributed by atoms with Gasteiger partial charge in [0.05, 0.1) is 0 Å². The van der Waals surface area contributed by atoms with Crippen molar-refractivity contribution in [3.8, 4) is 0 Å². The minimum Gasteiger partial charge on any atom is -0.386 e. The predicted molar refractivity (Wildman–Crippen MR) is 58.5 cm³/mol. The van der Waals surface area contributed by atoms with E-state index in [9.17, 15) is 22.8 Å². The number of esters is 2.